The number of rotatable bonds is 5. The zero-order valence-electron chi connectivity index (χ0n) is 12.7. The van der Waals surface area contributed by atoms with E-state index < -0.39 is 0 Å². The summed E-state index contributed by atoms with van der Waals surface area (Å²) >= 11 is 5.93. The van der Waals surface area contributed by atoms with Gasteiger partial charge in [0.05, 0.1) is 7.11 Å². The van der Waals surface area contributed by atoms with Crippen LogP contribution in [-0.2, 0) is 0 Å². The molecule has 6 heteroatoms. The molecule has 5 nitrogen and oxygen atoms in total. The summed E-state index contributed by atoms with van der Waals surface area (Å²) in [5.41, 5.74) is 1.40. The number of aryl methyl sites for hydroxylation is 1. The summed E-state index contributed by atoms with van der Waals surface area (Å²) in [5.74, 6) is -0.0000463. The van der Waals surface area contributed by atoms with Crippen LogP contribution in [0.25, 0.3) is 0 Å². The Labute approximate surface area is 138 Å². The lowest BCUT2D eigenvalue weighted by Crippen LogP contribution is -2.04. The summed E-state index contributed by atoms with van der Waals surface area (Å²) in [4.78, 5) is 16.1. The molecule has 0 aliphatic rings. The fraction of sp³-hybridized carbons (Fsp3) is 0.176. The van der Waals surface area contributed by atoms with Gasteiger partial charge in [-0.15, -0.1) is 0 Å². The molecule has 0 unspecified atom stereocenters. The summed E-state index contributed by atoms with van der Waals surface area (Å²) in [5, 5.41) is 20.1. The molecular formula is C17H16ClNO4. The van der Waals surface area contributed by atoms with Gasteiger partial charge in [-0.1, -0.05) is 11.6 Å². The number of phenols is 2. The maximum absolute atomic E-state index is 12.1. The number of hydrogen-bond acceptors (Lipinski definition) is 5. The zero-order chi connectivity index (χ0) is 17.0. The number of carbonyl (C=O) groups is 1. The Morgan fingerprint density at radius 1 is 1.30 bits per heavy atom. The van der Waals surface area contributed by atoms with E-state index in [0.29, 0.717) is 27.5 Å². The van der Waals surface area contributed by atoms with E-state index >= 15 is 0 Å². The van der Waals surface area contributed by atoms with Gasteiger partial charge in [-0.05, 0) is 42.8 Å². The van der Waals surface area contributed by atoms with Gasteiger partial charge < -0.3 is 14.9 Å². The zero-order valence-corrected chi connectivity index (χ0v) is 13.5. The molecule has 0 amide bonds. The normalized spacial score (nSPS) is 10.9. The molecule has 0 bridgehead atoms. The van der Waals surface area contributed by atoms with Gasteiger partial charge in [-0.2, -0.15) is 0 Å². The smallest absolute Gasteiger partial charge is 0.184 e. The van der Waals surface area contributed by atoms with Crippen molar-refractivity contribution in [3.8, 4) is 17.2 Å². The molecule has 0 spiro atoms. The highest BCUT2D eigenvalue weighted by Crippen LogP contribution is 2.27. The minimum absolute atomic E-state index is 0.0766. The average Bonchev–Trinajstić information content (AvgIpc) is 2.51. The SMILES string of the molecule is COc1ccc(C(=O)CN=Cc2cc(Cl)cc(C)c2O)cc1O. The van der Waals surface area contributed by atoms with Gasteiger partial charge in [0, 0.05) is 22.4 Å². The molecule has 0 aliphatic carbocycles. The Hall–Kier alpha value is -2.53. The van der Waals surface area contributed by atoms with Crippen molar-refractivity contribution in [2.75, 3.05) is 13.7 Å². The summed E-state index contributed by atoms with van der Waals surface area (Å²) in [6, 6.07) is 7.60. The van der Waals surface area contributed by atoms with Crippen molar-refractivity contribution in [3.63, 3.8) is 0 Å². The van der Waals surface area contributed by atoms with E-state index in [2.05, 4.69) is 4.99 Å². The molecular weight excluding hydrogens is 318 g/mol. The number of hydrogen-bond donors (Lipinski definition) is 2. The van der Waals surface area contributed by atoms with Gasteiger partial charge in [-0.25, -0.2) is 0 Å². The lowest BCUT2D eigenvalue weighted by atomic mass is 10.1. The Balaban J connectivity index is 2.11. The fourth-order valence-corrected chi connectivity index (χ4v) is 2.32. The molecule has 120 valence electrons. The number of methoxy groups -OCH3 is 1. The first-order valence-corrected chi connectivity index (χ1v) is 7.19. The standard InChI is InChI=1S/C17H16ClNO4/c1-10-5-13(18)6-12(17(10)22)8-19-9-15(21)11-3-4-16(23-2)14(20)7-11/h3-8,20,22H,9H2,1-2H3. The van der Waals surface area contributed by atoms with Gasteiger partial charge in [0.2, 0.25) is 0 Å². The molecule has 0 saturated heterocycles. The number of benzene rings is 2. The molecule has 2 rings (SSSR count). The second-order valence-corrected chi connectivity index (χ2v) is 5.38. The monoisotopic (exact) mass is 333 g/mol. The number of phenolic OH excluding ortho intramolecular Hbond substituents is 2. The van der Waals surface area contributed by atoms with Crippen LogP contribution in [0.3, 0.4) is 0 Å². The van der Waals surface area contributed by atoms with Crippen molar-refractivity contribution in [2.24, 2.45) is 4.99 Å². The van der Waals surface area contributed by atoms with Crippen LogP contribution in [-0.4, -0.2) is 35.9 Å². The second-order valence-electron chi connectivity index (χ2n) is 4.94. The van der Waals surface area contributed by atoms with Crippen LogP contribution in [0.5, 0.6) is 17.2 Å². The maximum Gasteiger partial charge on any atom is 0.184 e. The molecule has 23 heavy (non-hydrogen) atoms. The van der Waals surface area contributed by atoms with Gasteiger partial charge >= 0.3 is 0 Å². The first kappa shape index (κ1) is 16.8. The lowest BCUT2D eigenvalue weighted by Gasteiger charge is -2.05. The average molecular weight is 334 g/mol. The number of ether oxygens (including phenoxy) is 1. The van der Waals surface area contributed by atoms with Crippen LogP contribution in [0.1, 0.15) is 21.5 Å². The highest BCUT2D eigenvalue weighted by atomic mass is 35.5. The van der Waals surface area contributed by atoms with Crippen LogP contribution >= 0.6 is 11.6 Å². The molecule has 0 atom stereocenters. The predicted octanol–water partition coefficient (Wildman–Crippen LogP) is 3.37. The van der Waals surface area contributed by atoms with E-state index in [1.807, 2.05) is 0 Å². The predicted molar refractivity (Wildman–Crippen MR) is 89.3 cm³/mol. The maximum atomic E-state index is 12.1. The van der Waals surface area contributed by atoms with Crippen LogP contribution in [0, 0.1) is 6.92 Å². The summed E-state index contributed by atoms with van der Waals surface area (Å²) in [6.45, 7) is 1.61. The molecule has 2 N–H and O–H groups in total. The second kappa shape index (κ2) is 7.15. The minimum atomic E-state index is -0.266. The number of nitrogens with zero attached hydrogens (tertiary/aromatic N) is 1. The van der Waals surface area contributed by atoms with Crippen molar-refractivity contribution in [1.82, 2.24) is 0 Å². The Bertz CT molecular complexity index is 771. The minimum Gasteiger partial charge on any atom is -0.507 e. The van der Waals surface area contributed by atoms with E-state index in [1.54, 1.807) is 25.1 Å². The van der Waals surface area contributed by atoms with Gasteiger partial charge in [0.1, 0.15) is 12.3 Å². The molecule has 0 heterocycles. The fourth-order valence-electron chi connectivity index (χ4n) is 2.04. The Morgan fingerprint density at radius 3 is 2.70 bits per heavy atom. The molecule has 0 fully saturated rings. The van der Waals surface area contributed by atoms with Crippen molar-refractivity contribution < 1.29 is 19.7 Å². The molecule has 0 radical (unpaired) electrons. The van der Waals surface area contributed by atoms with Crippen molar-refractivity contribution >= 4 is 23.6 Å². The van der Waals surface area contributed by atoms with E-state index in [1.165, 1.54) is 25.5 Å². The van der Waals surface area contributed by atoms with Crippen LogP contribution in [0.4, 0.5) is 0 Å². The number of carbonyl (C=O) groups excluding carboxylic acids is 1. The third-order valence-corrected chi connectivity index (χ3v) is 3.48. The Morgan fingerprint density at radius 2 is 2.04 bits per heavy atom. The van der Waals surface area contributed by atoms with Crippen LogP contribution < -0.4 is 4.74 Å². The summed E-state index contributed by atoms with van der Waals surface area (Å²) < 4.78 is 4.92. The first-order chi connectivity index (χ1) is 10.9. The number of aliphatic imine (C=N–C) groups is 1. The number of halogens is 1. The lowest BCUT2D eigenvalue weighted by molar-refractivity contribution is 0.100. The highest BCUT2D eigenvalue weighted by molar-refractivity contribution is 6.31. The molecule has 0 saturated carbocycles. The molecule has 0 aliphatic heterocycles. The van der Waals surface area contributed by atoms with Crippen molar-refractivity contribution in [3.05, 3.63) is 52.0 Å². The highest BCUT2D eigenvalue weighted by Gasteiger charge is 2.09. The number of Topliss-reactive ketones (excluding diaryl/α,β-unsaturated/α-hetero) is 1. The molecule has 2 aromatic rings. The van der Waals surface area contributed by atoms with E-state index in [4.69, 9.17) is 16.3 Å². The third-order valence-electron chi connectivity index (χ3n) is 3.26. The van der Waals surface area contributed by atoms with E-state index in [-0.39, 0.29) is 23.8 Å². The first-order valence-electron chi connectivity index (χ1n) is 6.81. The van der Waals surface area contributed by atoms with Crippen LogP contribution in [0.2, 0.25) is 5.02 Å². The largest absolute Gasteiger partial charge is 0.507 e. The van der Waals surface area contributed by atoms with Gasteiger partial charge in [0.25, 0.3) is 0 Å². The van der Waals surface area contributed by atoms with Gasteiger partial charge in [0.15, 0.2) is 17.3 Å². The van der Waals surface area contributed by atoms with Crippen molar-refractivity contribution in [2.45, 2.75) is 6.92 Å². The quantitative estimate of drug-likeness (QED) is 0.649. The third kappa shape index (κ3) is 4.02. The van der Waals surface area contributed by atoms with Crippen molar-refractivity contribution in [1.29, 1.82) is 0 Å². The molecule has 0 aromatic heterocycles. The summed E-state index contributed by atoms with van der Waals surface area (Å²) in [7, 11) is 1.43. The van der Waals surface area contributed by atoms with E-state index in [0.717, 1.165) is 0 Å². The van der Waals surface area contributed by atoms with Crippen LogP contribution in [0.15, 0.2) is 35.3 Å². The van der Waals surface area contributed by atoms with Gasteiger partial charge in [-0.3, -0.25) is 9.79 Å². The molecule has 2 aromatic carbocycles. The number of aromatic hydroxyl groups is 2. The Kier molecular flexibility index (Phi) is 5.24. The topological polar surface area (TPSA) is 79.1 Å². The summed E-state index contributed by atoms with van der Waals surface area (Å²) in [6.07, 6.45) is 1.40. The number of ketones is 1. The van der Waals surface area contributed by atoms with E-state index in [9.17, 15) is 15.0 Å².